The summed E-state index contributed by atoms with van der Waals surface area (Å²) in [6.07, 6.45) is -21.2. The Morgan fingerprint density at radius 1 is 0.377 bits per heavy atom. The number of hydrogen-bond donors (Lipinski definition) is 7. The minimum Gasteiger partial charge on any atom is -0.780 e. The SMILES string of the molecule is CC[C@H]1O[C@@H](n2cc(C)c(N)nc2=O)CC1OP([O-])(=S)OC[C@H]1O[C@@H](n2cnc3c(N)ncnc32)[C@@H](OCCOC)C1OP(=O)([S-])OC[C@H]1O[C@@H](n2cnc3c(N)ncnc32)[C@@H](OCCOC)C1OP([O-])(=S)OC[C@H]1O[C@@H](n2cnc3c(N)ncnc32)[C@@H](OCCOC)C1OP([O-])(=S)OC[C@H]1O[C@@H](n2cc(C)c(N)nc2=O)[C@@H](OCCOC)C1OP([O-])(=S)OC[C@H]1O[C@@H](n2cnc3c(N)ncnc32)[C@@H](OCCOC)C1O. The van der Waals surface area contributed by atoms with Crippen molar-refractivity contribution in [2.24, 2.45) is 0 Å². The van der Waals surface area contributed by atoms with Crippen molar-refractivity contribution in [1.29, 1.82) is 0 Å². The van der Waals surface area contributed by atoms with Gasteiger partial charge in [-0.25, -0.2) is 69.4 Å². The van der Waals surface area contributed by atoms with E-state index >= 15 is 19.2 Å². The van der Waals surface area contributed by atoms with E-state index in [1.54, 1.807) is 13.8 Å². The predicted molar refractivity (Wildman–Crippen MR) is 513 cm³/mol. The fourth-order valence-corrected chi connectivity index (χ4v) is 24.1. The van der Waals surface area contributed by atoms with Crippen LogP contribution in [0.1, 0.15) is 68.3 Å². The largest absolute Gasteiger partial charge is 0.780 e. The lowest BCUT2D eigenvalue weighted by molar-refractivity contribution is -0.223. The van der Waals surface area contributed by atoms with E-state index in [-0.39, 0.29) is 164 Å². The van der Waals surface area contributed by atoms with Crippen LogP contribution in [0.2, 0.25) is 0 Å². The van der Waals surface area contributed by atoms with E-state index in [4.69, 9.17) is 215 Å². The summed E-state index contributed by atoms with van der Waals surface area (Å²) >= 11 is 28.7. The first-order valence-electron chi connectivity index (χ1n) is 44.6. The third-order valence-electron chi connectivity index (χ3n) is 23.9. The van der Waals surface area contributed by atoms with Gasteiger partial charge in [0.15, 0.2) is 83.8 Å². The Morgan fingerprint density at radius 2 is 0.664 bits per heavy atom. The molecule has 802 valence electrons. The summed E-state index contributed by atoms with van der Waals surface area (Å²) in [5.41, 5.74) is 37.1. The second-order valence-corrected chi connectivity index (χ2v) is 46.7. The molecule has 60 nitrogen and oxygen atoms in total. The first kappa shape index (κ1) is 111. The number of aryl methyl sites for hydroxylation is 2. The monoisotopic (exact) mass is 2240 g/mol. The number of nitrogens with two attached hydrogens (primary N) is 6. The molecule has 16 rings (SSSR count). The smallest absolute Gasteiger partial charge is 0.351 e. The highest BCUT2D eigenvalue weighted by atomic mass is 32.7. The summed E-state index contributed by atoms with van der Waals surface area (Å²) in [7, 11) is 6.98. The fourth-order valence-electron chi connectivity index (χ4n) is 16.9. The van der Waals surface area contributed by atoms with E-state index in [0.717, 1.165) is 17.2 Å². The predicted octanol–water partition coefficient (Wildman–Crippen LogP) is -2.32. The van der Waals surface area contributed by atoms with Gasteiger partial charge in [-0.1, -0.05) is 54.2 Å². The number of anilines is 6. The van der Waals surface area contributed by atoms with Crippen molar-refractivity contribution in [1.82, 2.24) is 97.2 Å². The summed E-state index contributed by atoms with van der Waals surface area (Å²) < 4.78 is 184. The zero-order chi connectivity index (χ0) is 104. The second kappa shape index (κ2) is 48.3. The van der Waals surface area contributed by atoms with Gasteiger partial charge in [0.2, 0.25) is 0 Å². The van der Waals surface area contributed by atoms with Crippen molar-refractivity contribution in [3.63, 3.8) is 0 Å². The summed E-state index contributed by atoms with van der Waals surface area (Å²) in [5, 5.41) is 11.9. The number of rotatable bonds is 52. The van der Waals surface area contributed by atoms with E-state index in [9.17, 15) is 19.6 Å². The Balaban J connectivity index is 0.688. The summed E-state index contributed by atoms with van der Waals surface area (Å²) in [4.78, 5) is 148. The normalized spacial score (nSPS) is 29.2. The van der Waals surface area contributed by atoms with E-state index < -0.39 is 219 Å². The highest BCUT2D eigenvalue weighted by Gasteiger charge is 2.57. The molecule has 70 heteroatoms. The van der Waals surface area contributed by atoms with Crippen molar-refractivity contribution >= 4 is 173 Å². The van der Waals surface area contributed by atoms with Gasteiger partial charge >= 0.3 is 11.4 Å². The van der Waals surface area contributed by atoms with Gasteiger partial charge < -0.3 is 192 Å². The van der Waals surface area contributed by atoms with E-state index in [2.05, 4.69) is 69.8 Å². The van der Waals surface area contributed by atoms with Crippen molar-refractivity contribution in [3.8, 4) is 0 Å². The van der Waals surface area contributed by atoms with Crippen molar-refractivity contribution in [2.75, 3.05) is 169 Å². The molecule has 0 aliphatic carbocycles. The second-order valence-electron chi connectivity index (χ2n) is 33.2. The number of methoxy groups -OCH3 is 5. The molecule has 11 unspecified atom stereocenters. The molecule has 0 aromatic carbocycles. The Kier molecular flexibility index (Phi) is 36.9. The molecule has 10 aromatic rings. The van der Waals surface area contributed by atoms with Crippen LogP contribution in [0, 0.1) is 13.8 Å². The van der Waals surface area contributed by atoms with Gasteiger partial charge in [0.1, 0.15) is 184 Å². The Hall–Kier alpha value is -7.30. The average molecular weight is 2240 g/mol. The molecule has 0 bridgehead atoms. The average Bonchev–Trinajstić information content (AvgIpc) is 1.63. The first-order chi connectivity index (χ1) is 69.8. The van der Waals surface area contributed by atoms with Gasteiger partial charge in [0, 0.05) is 65.5 Å². The van der Waals surface area contributed by atoms with Gasteiger partial charge in [0.05, 0.1) is 137 Å². The van der Waals surface area contributed by atoms with Crippen molar-refractivity contribution in [2.45, 2.75) is 175 Å². The molecule has 6 saturated heterocycles. The van der Waals surface area contributed by atoms with Crippen LogP contribution in [0.4, 0.5) is 34.9 Å². The van der Waals surface area contributed by atoms with Gasteiger partial charge in [-0.2, -0.15) is 9.97 Å². The molecule has 16 heterocycles. The molecule has 146 heavy (non-hydrogen) atoms. The first-order valence-corrected chi connectivity index (χ1v) is 57.4. The molecular formula is C76H104N26O34P5S5-5. The van der Waals surface area contributed by atoms with Gasteiger partial charge in [0.25, 0.3) is 0 Å². The summed E-state index contributed by atoms with van der Waals surface area (Å²) in [5.74, 6) is -0.276. The van der Waals surface area contributed by atoms with Crippen LogP contribution in [0.3, 0.4) is 0 Å². The van der Waals surface area contributed by atoms with Crippen molar-refractivity contribution in [3.05, 3.63) is 95.1 Å². The number of aromatic nitrogens is 20. The lowest BCUT2D eigenvalue weighted by Gasteiger charge is -2.38. The minimum absolute atomic E-state index is 0.0123. The molecule has 0 radical (unpaired) electrons. The quantitative estimate of drug-likeness (QED) is 0.0119. The lowest BCUT2D eigenvalue weighted by atomic mass is 10.1. The van der Waals surface area contributed by atoms with E-state index in [1.807, 2.05) is 0 Å². The van der Waals surface area contributed by atoms with Crippen LogP contribution in [0.25, 0.3) is 44.7 Å². The molecule has 0 saturated carbocycles. The van der Waals surface area contributed by atoms with Crippen molar-refractivity contribution < 1.29 is 150 Å². The Bertz CT molecular complexity index is 6590. The van der Waals surface area contributed by atoms with Crippen LogP contribution < -0.4 is 65.4 Å². The summed E-state index contributed by atoms with van der Waals surface area (Å²) in [6, 6.07) is 0. The highest BCUT2D eigenvalue weighted by Crippen LogP contribution is 2.57. The number of aliphatic hydroxyl groups excluding tert-OH is 1. The Morgan fingerprint density at radius 3 is 1.01 bits per heavy atom. The highest BCUT2D eigenvalue weighted by molar-refractivity contribution is 8.32. The van der Waals surface area contributed by atoms with Crippen LogP contribution in [0.5, 0.6) is 0 Å². The van der Waals surface area contributed by atoms with Crippen LogP contribution in [-0.4, -0.2) is 341 Å². The molecule has 6 aliphatic rings. The number of fused-ring (bicyclic) bond motifs is 4. The molecule has 13 N–H and O–H groups in total. The summed E-state index contributed by atoms with van der Waals surface area (Å²) in [6.45, 7) is -26.1. The number of ether oxygens (including phenoxy) is 16. The van der Waals surface area contributed by atoms with E-state index in [1.165, 1.54) is 116 Å². The molecular weight excluding hydrogens is 2140 g/mol. The number of nitrogen functional groups attached to an aromatic ring is 6. The maximum absolute atomic E-state index is 15.8. The van der Waals surface area contributed by atoms with Gasteiger partial charge in [-0.15, -0.1) is 0 Å². The van der Waals surface area contributed by atoms with E-state index in [0.29, 0.717) is 5.56 Å². The molecule has 28 atom stereocenters. The maximum atomic E-state index is 15.8. The molecule has 0 amide bonds. The lowest BCUT2D eigenvalue weighted by Crippen LogP contribution is -2.42. The topological polar surface area (TPSA) is 770 Å². The molecule has 6 aliphatic heterocycles. The third kappa shape index (κ3) is 25.4. The van der Waals surface area contributed by atoms with Crippen LogP contribution in [-0.2, 0) is 185 Å². The zero-order valence-electron chi connectivity index (χ0n) is 78.7. The standard InChI is InChI=1S/C76H109N26O34P5S5/c1-9-38-39(20-45(126-38)97-21-36(2)60(77)95-75(97)104)132-137(106,142)122-24-42-52(57(118-17-12-113-6)72(129-42)100-33-92-47-63(80)84-29-88-67(47)100)134-140(109,145)124-26-44-54(59(120-19-14-115-8)74(131-44)102-35-94-49-65(82)86-31-90-69(49)102)136-141(110,146)125-27-43-53(58(119-18-13-114-7)73(130-43)101-34-93-48-64(81)85-30-89-68(48)101)135-139(108,144)123-25-41-51(56(117-16-11-112-5)71(128-41)98-22-37(3)61(78)96-76(98)105)133-138(107,143)121-23-40-50(103)55(116-15-10-111-4)70(127-40)99-32-91-46-62(79)83-28-87-66(46)99/h21-22,28-35,38-45,50-59,70-74,103H,9-20,23-27H2,1-8H3,(H,106,142)(H,107,143)(H,108,144)(H,109,145)(H,110,146)(H2,77,95,104)(H2,78,96,105)(H2,79,83,87)(H2,80,84,88)(H2,81,85,89)(H2,82,86,90)/p-5/t38-,39?,40-,41-,42-,43-,44-,45-,50?,51?,52?,53?,54?,55+,56+,57+,58+,59+,70-,71-,72-,73-,74-,137?,138?,139?,140?,141?/m1/s1. The van der Waals surface area contributed by atoms with Gasteiger partial charge in [-0.3, -0.25) is 32.0 Å². The van der Waals surface area contributed by atoms with Crippen LogP contribution >= 0.6 is 33.7 Å². The maximum Gasteiger partial charge on any atom is 0.351 e. The van der Waals surface area contributed by atoms with Crippen LogP contribution in [0.15, 0.2) is 72.6 Å². The molecule has 10 aromatic heterocycles. The van der Waals surface area contributed by atoms with Gasteiger partial charge in [-0.05, 0) is 20.3 Å². The minimum atomic E-state index is -5.26. The molecule has 6 fully saturated rings. The zero-order valence-corrected chi connectivity index (χ0v) is 87.2. The number of aliphatic hydroxyl groups is 1. The number of hydrogen-bond acceptors (Lipinski definition) is 59. The Labute approximate surface area is 854 Å². The number of nitrogens with zero attached hydrogens (tertiary/aromatic N) is 20. The molecule has 0 spiro atoms. The third-order valence-corrected chi connectivity index (χ3v) is 31.6. The fraction of sp³-hybridized carbons (Fsp3) is 0.632. The number of imidazole rings is 4.